The maximum atomic E-state index is 5.68. The summed E-state index contributed by atoms with van der Waals surface area (Å²) in [6.07, 6.45) is 3.19. The van der Waals surface area contributed by atoms with E-state index in [0.717, 1.165) is 4.47 Å². The highest BCUT2D eigenvalue weighted by Gasteiger charge is 2.01. The highest BCUT2D eigenvalue weighted by molar-refractivity contribution is 9.10. The molecule has 64 valence electrons. The number of hydrogen-bond acceptors (Lipinski definition) is 2. The van der Waals surface area contributed by atoms with Gasteiger partial charge < -0.3 is 4.74 Å². The van der Waals surface area contributed by atoms with Crippen molar-refractivity contribution in [3.05, 3.63) is 34.4 Å². The summed E-state index contributed by atoms with van der Waals surface area (Å²) in [5, 5.41) is 0.577. The molecule has 1 aromatic rings. The molecule has 0 unspecified atom stereocenters. The van der Waals surface area contributed by atoms with E-state index in [4.69, 9.17) is 16.3 Å². The Morgan fingerprint density at radius 2 is 2.50 bits per heavy atom. The van der Waals surface area contributed by atoms with Gasteiger partial charge in [-0.15, -0.1) is 0 Å². The van der Waals surface area contributed by atoms with Gasteiger partial charge >= 0.3 is 0 Å². The smallest absolute Gasteiger partial charge is 0.228 e. The van der Waals surface area contributed by atoms with E-state index in [0.29, 0.717) is 17.5 Å². The van der Waals surface area contributed by atoms with Crippen LogP contribution in [0.5, 0.6) is 5.88 Å². The van der Waals surface area contributed by atoms with Crippen molar-refractivity contribution >= 4 is 27.5 Å². The minimum Gasteiger partial charge on any atom is -0.473 e. The zero-order chi connectivity index (χ0) is 8.97. The molecule has 0 aliphatic rings. The first-order chi connectivity index (χ1) is 5.74. The van der Waals surface area contributed by atoms with Crippen molar-refractivity contribution in [3.8, 4) is 5.88 Å². The van der Waals surface area contributed by atoms with E-state index in [1.54, 1.807) is 12.1 Å². The number of hydrogen-bond donors (Lipinski definition) is 0. The van der Waals surface area contributed by atoms with E-state index < -0.39 is 0 Å². The van der Waals surface area contributed by atoms with Crippen LogP contribution in [0.1, 0.15) is 0 Å². The number of pyridine rings is 1. The third kappa shape index (κ3) is 2.50. The van der Waals surface area contributed by atoms with Gasteiger partial charge in [-0.2, -0.15) is 0 Å². The number of halogens is 2. The van der Waals surface area contributed by atoms with Gasteiger partial charge in [0.05, 0.1) is 9.50 Å². The number of rotatable bonds is 3. The first-order valence-corrected chi connectivity index (χ1v) is 4.46. The third-order valence-electron chi connectivity index (χ3n) is 1.11. The van der Waals surface area contributed by atoms with Gasteiger partial charge in [0.15, 0.2) is 0 Å². The van der Waals surface area contributed by atoms with Crippen LogP contribution in [0.25, 0.3) is 0 Å². The van der Waals surface area contributed by atoms with Gasteiger partial charge in [-0.25, -0.2) is 4.98 Å². The Bertz CT molecular complexity index is 290. The predicted molar refractivity (Wildman–Crippen MR) is 52.6 cm³/mol. The van der Waals surface area contributed by atoms with Crippen LogP contribution >= 0.6 is 27.5 Å². The van der Waals surface area contributed by atoms with E-state index in [-0.39, 0.29) is 0 Å². The number of aromatic nitrogens is 1. The molecule has 4 heteroatoms. The van der Waals surface area contributed by atoms with Crippen molar-refractivity contribution in [3.63, 3.8) is 0 Å². The Morgan fingerprint density at radius 1 is 1.75 bits per heavy atom. The van der Waals surface area contributed by atoms with Gasteiger partial charge in [0.25, 0.3) is 0 Å². The van der Waals surface area contributed by atoms with Crippen molar-refractivity contribution in [2.75, 3.05) is 6.61 Å². The molecule has 0 saturated carbocycles. The molecule has 0 bridgehead atoms. The molecular weight excluding hydrogens is 241 g/mol. The number of ether oxygens (including phenoxy) is 1. The molecule has 0 atom stereocenters. The Hall–Kier alpha value is -0.540. The van der Waals surface area contributed by atoms with Crippen LogP contribution in [0, 0.1) is 0 Å². The molecule has 1 heterocycles. The van der Waals surface area contributed by atoms with Crippen molar-refractivity contribution < 1.29 is 4.74 Å². The van der Waals surface area contributed by atoms with E-state index in [1.165, 1.54) is 6.20 Å². The summed E-state index contributed by atoms with van der Waals surface area (Å²) in [6.45, 7) is 3.97. The summed E-state index contributed by atoms with van der Waals surface area (Å²) < 4.78 is 5.95. The van der Waals surface area contributed by atoms with Crippen LogP contribution in [0.15, 0.2) is 29.4 Å². The summed E-state index contributed by atoms with van der Waals surface area (Å²) in [5.41, 5.74) is 0. The molecule has 0 amide bonds. The quantitative estimate of drug-likeness (QED) is 0.767. The van der Waals surface area contributed by atoms with Gasteiger partial charge in [-0.05, 0) is 22.0 Å². The maximum Gasteiger partial charge on any atom is 0.228 e. The first-order valence-electron chi connectivity index (χ1n) is 3.29. The highest BCUT2D eigenvalue weighted by Crippen LogP contribution is 2.24. The zero-order valence-corrected chi connectivity index (χ0v) is 8.60. The second-order valence-corrected chi connectivity index (χ2v) is 3.33. The summed E-state index contributed by atoms with van der Waals surface area (Å²) in [4.78, 5) is 3.97. The molecule has 0 aliphatic carbocycles. The fourth-order valence-electron chi connectivity index (χ4n) is 0.646. The van der Waals surface area contributed by atoms with E-state index in [9.17, 15) is 0 Å². The molecule has 1 aromatic heterocycles. The second-order valence-electron chi connectivity index (χ2n) is 2.04. The van der Waals surface area contributed by atoms with Crippen molar-refractivity contribution in [1.29, 1.82) is 0 Å². The fraction of sp³-hybridized carbons (Fsp3) is 0.125. The normalized spacial score (nSPS) is 9.50. The first kappa shape index (κ1) is 9.55. The Balaban J connectivity index is 2.78. The molecule has 0 radical (unpaired) electrons. The standard InChI is InChI=1S/C8H7BrClNO/c1-2-3-12-8-7(9)4-6(10)5-11-8/h2,4-5H,1,3H2. The van der Waals surface area contributed by atoms with Gasteiger partial charge in [0, 0.05) is 6.20 Å². The van der Waals surface area contributed by atoms with Crippen LogP contribution in [-0.2, 0) is 0 Å². The second kappa shape index (κ2) is 4.48. The maximum absolute atomic E-state index is 5.68. The molecule has 0 fully saturated rings. The SMILES string of the molecule is C=CCOc1ncc(Cl)cc1Br. The Labute approximate surface area is 84.3 Å². The topological polar surface area (TPSA) is 22.1 Å². The van der Waals surface area contributed by atoms with Crippen LogP contribution in [0.3, 0.4) is 0 Å². The molecule has 12 heavy (non-hydrogen) atoms. The summed E-state index contributed by atoms with van der Waals surface area (Å²) in [6, 6.07) is 1.73. The lowest BCUT2D eigenvalue weighted by molar-refractivity contribution is 0.346. The lowest BCUT2D eigenvalue weighted by Crippen LogP contribution is -1.95. The minimum absolute atomic E-state index is 0.438. The van der Waals surface area contributed by atoms with E-state index in [2.05, 4.69) is 27.5 Å². The average Bonchev–Trinajstić information content (AvgIpc) is 2.03. The summed E-state index contributed by atoms with van der Waals surface area (Å²) in [7, 11) is 0. The van der Waals surface area contributed by atoms with Gasteiger partial charge in [-0.3, -0.25) is 0 Å². The lowest BCUT2D eigenvalue weighted by Gasteiger charge is -2.03. The van der Waals surface area contributed by atoms with Gasteiger partial charge in [0.1, 0.15) is 6.61 Å². The average molecular weight is 249 g/mol. The molecule has 0 spiro atoms. The molecule has 0 saturated heterocycles. The molecule has 0 aromatic carbocycles. The van der Waals surface area contributed by atoms with E-state index >= 15 is 0 Å². The molecule has 0 aliphatic heterocycles. The monoisotopic (exact) mass is 247 g/mol. The number of nitrogens with zero attached hydrogens (tertiary/aromatic N) is 1. The Kier molecular flexibility index (Phi) is 3.56. The van der Waals surface area contributed by atoms with Crippen LogP contribution in [-0.4, -0.2) is 11.6 Å². The predicted octanol–water partition coefficient (Wildman–Crippen LogP) is 3.06. The van der Waals surface area contributed by atoms with Crippen molar-refractivity contribution in [2.45, 2.75) is 0 Å². The fourth-order valence-corrected chi connectivity index (χ4v) is 1.40. The van der Waals surface area contributed by atoms with E-state index in [1.807, 2.05) is 0 Å². The molecule has 2 nitrogen and oxygen atoms in total. The van der Waals surface area contributed by atoms with Crippen LogP contribution in [0.4, 0.5) is 0 Å². The lowest BCUT2D eigenvalue weighted by atomic mass is 10.5. The largest absolute Gasteiger partial charge is 0.473 e. The molecule has 1 rings (SSSR count). The highest BCUT2D eigenvalue weighted by atomic mass is 79.9. The van der Waals surface area contributed by atoms with Crippen LogP contribution in [0.2, 0.25) is 5.02 Å². The zero-order valence-electron chi connectivity index (χ0n) is 6.26. The minimum atomic E-state index is 0.438. The van der Waals surface area contributed by atoms with Gasteiger partial charge in [-0.1, -0.05) is 24.3 Å². The summed E-state index contributed by atoms with van der Waals surface area (Å²) >= 11 is 8.95. The molecule has 0 N–H and O–H groups in total. The third-order valence-corrected chi connectivity index (χ3v) is 1.89. The van der Waals surface area contributed by atoms with Crippen molar-refractivity contribution in [1.82, 2.24) is 4.98 Å². The van der Waals surface area contributed by atoms with Crippen LogP contribution < -0.4 is 4.74 Å². The molecular formula is C8H7BrClNO. The summed E-state index contributed by atoms with van der Waals surface area (Å²) in [5.74, 6) is 0.527. The Morgan fingerprint density at radius 3 is 3.08 bits per heavy atom. The van der Waals surface area contributed by atoms with Crippen molar-refractivity contribution in [2.24, 2.45) is 0 Å². The van der Waals surface area contributed by atoms with Gasteiger partial charge in [0.2, 0.25) is 5.88 Å².